The van der Waals surface area contributed by atoms with Gasteiger partial charge in [0, 0.05) is 19.3 Å². The third-order valence-corrected chi connectivity index (χ3v) is 16.1. The van der Waals surface area contributed by atoms with Crippen LogP contribution >= 0.6 is 0 Å². The van der Waals surface area contributed by atoms with Crippen molar-refractivity contribution in [1.29, 1.82) is 0 Å². The molecule has 0 aromatic rings. The Bertz CT molecular complexity index is 1320. The van der Waals surface area contributed by atoms with Crippen LogP contribution in [0.25, 0.3) is 0 Å². The van der Waals surface area contributed by atoms with E-state index in [1.165, 1.54) is 276 Å². The lowest BCUT2D eigenvalue weighted by atomic mass is 10.0. The first-order valence-electron chi connectivity index (χ1n) is 35.5. The lowest BCUT2D eigenvalue weighted by Gasteiger charge is -2.18. The van der Waals surface area contributed by atoms with Gasteiger partial charge in [0.05, 0.1) is 0 Å². The monoisotopic (exact) mass is 1110 g/mol. The van der Waals surface area contributed by atoms with Crippen molar-refractivity contribution in [2.24, 2.45) is 0 Å². The lowest BCUT2D eigenvalue weighted by molar-refractivity contribution is -0.167. The predicted octanol–water partition coefficient (Wildman–Crippen LogP) is 24.3. The number of unbranched alkanes of at least 4 members (excludes halogenated alkanes) is 49. The molecule has 0 amide bonds. The van der Waals surface area contributed by atoms with E-state index in [1.807, 2.05) is 0 Å². The summed E-state index contributed by atoms with van der Waals surface area (Å²) in [6.07, 6.45) is 84.9. The number of carbonyl (C=O) groups excluding carboxylic acids is 3. The Morgan fingerprint density at radius 1 is 0.253 bits per heavy atom. The number of esters is 3. The molecule has 0 radical (unpaired) electrons. The van der Waals surface area contributed by atoms with Crippen LogP contribution in [0, 0.1) is 0 Å². The summed E-state index contributed by atoms with van der Waals surface area (Å²) >= 11 is 0. The summed E-state index contributed by atoms with van der Waals surface area (Å²) < 4.78 is 16.9. The summed E-state index contributed by atoms with van der Waals surface area (Å²) in [4.78, 5) is 38.3. The highest BCUT2D eigenvalue weighted by Gasteiger charge is 2.19. The van der Waals surface area contributed by atoms with Gasteiger partial charge in [0.1, 0.15) is 13.2 Å². The lowest BCUT2D eigenvalue weighted by Crippen LogP contribution is -2.30. The molecule has 0 aliphatic rings. The van der Waals surface area contributed by atoms with Crippen molar-refractivity contribution >= 4 is 17.9 Å². The van der Waals surface area contributed by atoms with Gasteiger partial charge in [0.25, 0.3) is 0 Å². The highest BCUT2D eigenvalue weighted by Crippen LogP contribution is 2.19. The summed E-state index contributed by atoms with van der Waals surface area (Å²) in [6, 6.07) is 0. The van der Waals surface area contributed by atoms with Crippen molar-refractivity contribution in [3.05, 3.63) is 36.5 Å². The smallest absolute Gasteiger partial charge is 0.306 e. The van der Waals surface area contributed by atoms with Crippen molar-refractivity contribution in [2.45, 2.75) is 399 Å². The molecule has 0 saturated carbocycles. The van der Waals surface area contributed by atoms with Gasteiger partial charge in [0.15, 0.2) is 6.10 Å². The molecule has 6 nitrogen and oxygen atoms in total. The summed E-state index contributed by atoms with van der Waals surface area (Å²) in [5.41, 5.74) is 0. The number of ether oxygens (including phenoxy) is 3. The van der Waals surface area contributed by atoms with E-state index in [0.29, 0.717) is 19.3 Å². The first-order chi connectivity index (χ1) is 39.0. The molecular formula is C73H136O6. The Morgan fingerprint density at radius 2 is 0.456 bits per heavy atom. The molecule has 0 bridgehead atoms. The Kier molecular flexibility index (Phi) is 66.1. The predicted molar refractivity (Wildman–Crippen MR) is 344 cm³/mol. The van der Waals surface area contributed by atoms with Gasteiger partial charge >= 0.3 is 17.9 Å². The largest absolute Gasteiger partial charge is 0.462 e. The van der Waals surface area contributed by atoms with Crippen molar-refractivity contribution in [1.82, 2.24) is 0 Å². The Hall–Kier alpha value is -2.37. The standard InChI is InChI=1S/C73H136O6/c1-4-7-10-13-16-19-21-23-25-27-29-31-32-33-34-35-36-37-38-39-40-42-43-45-47-49-51-54-57-60-63-66-72(75)78-69-70(68-77-71(74)65-62-59-56-53-18-15-12-9-6-3)79-73(76)67-64-61-58-55-52-50-48-46-44-41-30-28-26-24-22-20-17-14-11-8-5-2/h22,24,28,30,44,46,70H,4-21,23,25-27,29,31-43,45,47-69H2,1-3H3/b24-22-,30-28-,46-44-. The third kappa shape index (κ3) is 66.3. The fourth-order valence-corrected chi connectivity index (χ4v) is 10.8. The number of hydrogen-bond donors (Lipinski definition) is 0. The van der Waals surface area contributed by atoms with Gasteiger partial charge < -0.3 is 14.2 Å². The molecule has 0 aliphatic heterocycles. The van der Waals surface area contributed by atoms with Crippen molar-refractivity contribution in [3.63, 3.8) is 0 Å². The molecule has 0 heterocycles. The van der Waals surface area contributed by atoms with E-state index in [-0.39, 0.29) is 31.1 Å². The molecular weight excluding hydrogens is 973 g/mol. The Labute approximate surface area is 493 Å². The van der Waals surface area contributed by atoms with Gasteiger partial charge in [0.2, 0.25) is 0 Å². The minimum Gasteiger partial charge on any atom is -0.462 e. The van der Waals surface area contributed by atoms with Gasteiger partial charge in [-0.1, -0.05) is 353 Å². The fourth-order valence-electron chi connectivity index (χ4n) is 10.8. The quantitative estimate of drug-likeness (QED) is 0.0261. The molecule has 0 aromatic carbocycles. The number of carbonyl (C=O) groups is 3. The Balaban J connectivity index is 4.08. The Morgan fingerprint density at radius 3 is 0.709 bits per heavy atom. The van der Waals surface area contributed by atoms with Crippen LogP contribution in [0.3, 0.4) is 0 Å². The topological polar surface area (TPSA) is 78.9 Å². The molecule has 1 unspecified atom stereocenters. The molecule has 0 aromatic heterocycles. The molecule has 1 atom stereocenters. The van der Waals surface area contributed by atoms with Gasteiger partial charge in [-0.25, -0.2) is 0 Å². The minimum absolute atomic E-state index is 0.0725. The van der Waals surface area contributed by atoms with E-state index in [4.69, 9.17) is 14.2 Å². The van der Waals surface area contributed by atoms with E-state index in [1.54, 1.807) is 0 Å². The average Bonchev–Trinajstić information content (AvgIpc) is 3.45. The summed E-state index contributed by atoms with van der Waals surface area (Å²) in [5.74, 6) is -0.863. The molecule has 6 heteroatoms. The van der Waals surface area contributed by atoms with Crippen LogP contribution in [0.5, 0.6) is 0 Å². The van der Waals surface area contributed by atoms with Crippen LogP contribution in [0.4, 0.5) is 0 Å². The van der Waals surface area contributed by atoms with E-state index in [2.05, 4.69) is 57.2 Å². The number of allylic oxidation sites excluding steroid dienone is 6. The molecule has 0 spiro atoms. The van der Waals surface area contributed by atoms with E-state index >= 15 is 0 Å². The molecule has 0 fully saturated rings. The maximum Gasteiger partial charge on any atom is 0.306 e. The second kappa shape index (κ2) is 68.1. The van der Waals surface area contributed by atoms with Crippen molar-refractivity contribution in [2.75, 3.05) is 13.2 Å². The highest BCUT2D eigenvalue weighted by atomic mass is 16.6. The zero-order valence-electron chi connectivity index (χ0n) is 53.4. The molecule has 79 heavy (non-hydrogen) atoms. The van der Waals surface area contributed by atoms with Crippen LogP contribution in [-0.2, 0) is 28.6 Å². The zero-order valence-corrected chi connectivity index (χ0v) is 53.4. The summed E-state index contributed by atoms with van der Waals surface area (Å²) in [5, 5.41) is 0. The van der Waals surface area contributed by atoms with Crippen LogP contribution in [0.2, 0.25) is 0 Å². The van der Waals surface area contributed by atoms with Crippen LogP contribution in [0.15, 0.2) is 36.5 Å². The highest BCUT2D eigenvalue weighted by molar-refractivity contribution is 5.71. The third-order valence-electron chi connectivity index (χ3n) is 16.1. The first-order valence-corrected chi connectivity index (χ1v) is 35.5. The summed E-state index contributed by atoms with van der Waals surface area (Å²) in [7, 11) is 0. The maximum absolute atomic E-state index is 12.9. The van der Waals surface area contributed by atoms with Crippen LogP contribution in [-0.4, -0.2) is 37.2 Å². The van der Waals surface area contributed by atoms with E-state index < -0.39 is 6.10 Å². The van der Waals surface area contributed by atoms with Crippen LogP contribution in [0.1, 0.15) is 393 Å². The fraction of sp³-hybridized carbons (Fsp3) is 0.877. The van der Waals surface area contributed by atoms with E-state index in [9.17, 15) is 14.4 Å². The first kappa shape index (κ1) is 76.6. The molecule has 0 aliphatic carbocycles. The second-order valence-corrected chi connectivity index (χ2v) is 24.2. The van der Waals surface area contributed by atoms with Gasteiger partial charge in [-0.2, -0.15) is 0 Å². The number of rotatable bonds is 66. The van der Waals surface area contributed by atoms with Crippen molar-refractivity contribution in [3.8, 4) is 0 Å². The van der Waals surface area contributed by atoms with Gasteiger partial charge in [-0.05, 0) is 57.8 Å². The molecule has 0 rings (SSSR count). The molecule has 464 valence electrons. The number of hydrogen-bond acceptors (Lipinski definition) is 6. The molecule has 0 saturated heterocycles. The average molecular weight is 1110 g/mol. The second-order valence-electron chi connectivity index (χ2n) is 24.2. The zero-order chi connectivity index (χ0) is 57.1. The van der Waals surface area contributed by atoms with Crippen molar-refractivity contribution < 1.29 is 28.6 Å². The molecule has 0 N–H and O–H groups in total. The normalized spacial score (nSPS) is 12.2. The van der Waals surface area contributed by atoms with Gasteiger partial charge in [-0.3, -0.25) is 14.4 Å². The summed E-state index contributed by atoms with van der Waals surface area (Å²) in [6.45, 7) is 6.66. The van der Waals surface area contributed by atoms with Gasteiger partial charge in [-0.15, -0.1) is 0 Å². The van der Waals surface area contributed by atoms with Crippen LogP contribution < -0.4 is 0 Å². The minimum atomic E-state index is -0.776. The SMILES string of the molecule is CCCCCCC/C=C\C/C=C\C/C=C\CCCCCCCCC(=O)OC(COC(=O)CCCCCCCCCCC)COC(=O)CCCCCCCCCCCCCCCCCCCCCCCCCCCCCCCCC. The maximum atomic E-state index is 12.9. The van der Waals surface area contributed by atoms with E-state index in [0.717, 1.165) is 77.0 Å².